The maximum Gasteiger partial charge on any atom is 4.00 e. The van der Waals surface area contributed by atoms with Gasteiger partial charge in [-0.25, -0.2) is 0 Å². The summed E-state index contributed by atoms with van der Waals surface area (Å²) in [6, 6.07) is 0. The van der Waals surface area contributed by atoms with Crippen LogP contribution in [0.1, 0.15) is 0 Å². The Labute approximate surface area is 222 Å². The van der Waals surface area contributed by atoms with Crippen molar-refractivity contribution in [2.24, 2.45) is 0 Å². The maximum atomic E-state index is 8.58. The van der Waals surface area contributed by atoms with Crippen LogP contribution in [0.25, 0.3) is 0 Å². The Hall–Kier alpha value is 5.37. The third-order valence-corrected chi connectivity index (χ3v) is 0. The molecule has 0 rings (SSSR count). The van der Waals surface area contributed by atoms with Gasteiger partial charge >= 0.3 is 228 Å². The van der Waals surface area contributed by atoms with Gasteiger partial charge in [0, 0.05) is 0 Å². The van der Waals surface area contributed by atoms with Crippen LogP contribution in [0.5, 0.6) is 0 Å². The second-order valence-electron chi connectivity index (χ2n) is 1.00. The molecule has 0 saturated heterocycles. The summed E-state index contributed by atoms with van der Waals surface area (Å²) < 4.78 is 103. The summed E-state index contributed by atoms with van der Waals surface area (Å²) in [6.07, 6.45) is 0. The molecule has 0 aliphatic rings. The van der Waals surface area contributed by atoms with Gasteiger partial charge in [-0.1, -0.05) is 0 Å². The molecule has 0 aromatic rings. The predicted octanol–water partition coefficient (Wildman–Crippen LogP) is -11.1. The Morgan fingerprint density at radius 2 is 0.474 bits per heavy atom. The van der Waals surface area contributed by atoms with Crippen LogP contribution in [0.2, 0.25) is 0 Å². The fraction of sp³-hybridized carbons (Fsp3) is 0. The van der Waals surface area contributed by atoms with Crippen molar-refractivity contribution in [3.8, 4) is 0 Å². The van der Waals surface area contributed by atoms with E-state index in [4.69, 9.17) is 42.8 Å². The zero-order chi connectivity index (χ0) is 14.3. The molecule has 0 aliphatic heterocycles. The molecule has 12 nitrogen and oxygen atoms in total. The first-order chi connectivity index (χ1) is 6.93. The van der Waals surface area contributed by atoms with Gasteiger partial charge in [-0.15, -0.1) is 0 Å². The van der Waals surface area contributed by atoms with Crippen LogP contribution in [0, 0.1) is 0 Å². The summed E-state index contributed by atoms with van der Waals surface area (Å²) >= 11 is -16.3. The van der Waals surface area contributed by atoms with Gasteiger partial charge in [-0.3, -0.25) is 0 Å². The monoisotopic (exact) mass is 682 g/mol. The average molecular weight is 680 g/mol. The van der Waals surface area contributed by atoms with Crippen LogP contribution in [-0.4, -0.2) is 111 Å². The molecule has 0 saturated carbocycles. The molecule has 0 N–H and O–H groups in total. The Morgan fingerprint density at radius 1 is 0.474 bits per heavy atom. The van der Waals surface area contributed by atoms with E-state index >= 15 is 0 Å². The van der Waals surface area contributed by atoms with Gasteiger partial charge in [-0.05, 0) is 0 Å². The Bertz CT molecular complexity index is 170. The van der Waals surface area contributed by atoms with E-state index in [1.807, 2.05) is 0 Å². The molecular formula is BaCaO12SnTi4. The van der Waals surface area contributed by atoms with Gasteiger partial charge in [0.25, 0.3) is 0 Å². The summed E-state index contributed by atoms with van der Waals surface area (Å²) in [7, 11) is 0. The summed E-state index contributed by atoms with van der Waals surface area (Å²) in [5.41, 5.74) is 0. The van der Waals surface area contributed by atoms with Crippen molar-refractivity contribution in [2.45, 2.75) is 0 Å². The number of hydrogen-bond donors (Lipinski definition) is 0. The molecule has 0 bridgehead atoms. The van der Waals surface area contributed by atoms with Crippen LogP contribution in [-0.2, 0) is 87.8 Å². The third kappa shape index (κ3) is 370. The van der Waals surface area contributed by atoms with E-state index < -0.39 is 74.5 Å². The van der Waals surface area contributed by atoms with Crippen LogP contribution in [0.4, 0.5) is 0 Å². The van der Waals surface area contributed by atoms with Crippen molar-refractivity contribution in [1.29, 1.82) is 0 Å². The van der Waals surface area contributed by atoms with Crippen LogP contribution >= 0.6 is 0 Å². The van der Waals surface area contributed by atoms with Crippen molar-refractivity contribution in [3.05, 3.63) is 0 Å². The van der Waals surface area contributed by atoms with Gasteiger partial charge in [0.05, 0.1) is 0 Å². The number of hydrogen-bond acceptors (Lipinski definition) is 12. The van der Waals surface area contributed by atoms with Crippen LogP contribution in [0.3, 0.4) is 0 Å². The Kier molecular flexibility index (Phi) is 90.0. The van der Waals surface area contributed by atoms with Gasteiger partial charge in [0.2, 0.25) is 0 Å². The van der Waals surface area contributed by atoms with E-state index in [1.165, 1.54) is 0 Å². The molecule has 96 valence electrons. The third-order valence-electron chi connectivity index (χ3n) is 0. The molecule has 0 spiro atoms. The fourth-order valence-electron chi connectivity index (χ4n) is 0. The first-order valence-electron chi connectivity index (χ1n) is 2.45. The normalized spacial score (nSPS) is 5.47. The van der Waals surface area contributed by atoms with Gasteiger partial charge in [0.1, 0.15) is 0 Å². The Morgan fingerprint density at radius 3 is 0.474 bits per heavy atom. The van der Waals surface area contributed by atoms with Crippen LogP contribution in [0.15, 0.2) is 0 Å². The summed E-state index contributed by atoms with van der Waals surface area (Å²) in [4.78, 5) is 0. The van der Waals surface area contributed by atoms with E-state index in [0.29, 0.717) is 0 Å². The molecule has 0 fully saturated rings. The van der Waals surface area contributed by atoms with E-state index in [2.05, 4.69) is 0 Å². The smallest absolute Gasteiger partial charge is 4.00 e. The summed E-state index contributed by atoms with van der Waals surface area (Å²) in [6.45, 7) is 0. The second kappa shape index (κ2) is 38.8. The average Bonchev–Trinajstić information content (AvgIpc) is 1.76. The van der Waals surface area contributed by atoms with Crippen molar-refractivity contribution < 1.29 is 117 Å². The van der Waals surface area contributed by atoms with E-state index in [9.17, 15) is 0 Å². The SMILES string of the molecule is [Ba+2].[Ca+2].[O]=[Ti]([O-])[O-].[O]=[Ti]([O-])[O-].[O]=[Ti]([O-])[O-].[O]=[Ti]([O-])[O-].[Sn+4]. The molecule has 0 heterocycles. The van der Waals surface area contributed by atoms with Gasteiger partial charge in [0.15, 0.2) is 0 Å². The molecular weight excluding hydrogens is 680 g/mol. The first kappa shape index (κ1) is 44.1. The topological polar surface area (TPSA) is 253 Å². The molecule has 19 heteroatoms. The van der Waals surface area contributed by atoms with Crippen molar-refractivity contribution >= 4 is 111 Å². The molecule has 0 atom stereocenters. The van der Waals surface area contributed by atoms with Crippen molar-refractivity contribution in [1.82, 2.24) is 0 Å². The fourth-order valence-corrected chi connectivity index (χ4v) is 0. The quantitative estimate of drug-likeness (QED) is 0.216. The second-order valence-corrected chi connectivity index (χ2v) is 4.12. The van der Waals surface area contributed by atoms with E-state index in [1.54, 1.807) is 0 Å². The minimum Gasteiger partial charge on any atom is 4.00 e. The zero-order valence-electron chi connectivity index (χ0n) is 8.81. The first-order valence-corrected chi connectivity index (χ1v) is 10.1. The van der Waals surface area contributed by atoms with Crippen LogP contribution < -0.4 is 29.5 Å². The van der Waals surface area contributed by atoms with Crippen molar-refractivity contribution in [3.63, 3.8) is 0 Å². The van der Waals surface area contributed by atoms with Gasteiger partial charge in [-0.2, -0.15) is 0 Å². The van der Waals surface area contributed by atoms with E-state index in [0.717, 1.165) is 0 Å². The molecule has 0 radical (unpaired) electrons. The largest absolute Gasteiger partial charge is 4.00 e. The standard InChI is InChI=1S/Ba.Ca.12O.Sn.4Ti/q2*+2;;;;;8*-1;+4;;;;. The Balaban J connectivity index is -0.0000000192. The van der Waals surface area contributed by atoms with E-state index in [-0.39, 0.29) is 111 Å². The van der Waals surface area contributed by atoms with Crippen molar-refractivity contribution in [2.75, 3.05) is 0 Å². The number of rotatable bonds is 0. The minimum absolute atomic E-state index is 0. The minimum atomic E-state index is -4.08. The molecule has 0 amide bonds. The summed E-state index contributed by atoms with van der Waals surface area (Å²) in [5, 5.41) is 0. The summed E-state index contributed by atoms with van der Waals surface area (Å²) in [5.74, 6) is 0. The molecule has 19 heavy (non-hydrogen) atoms. The maximum absolute atomic E-state index is 8.58. The predicted molar refractivity (Wildman–Crippen MR) is 20.0 cm³/mol. The zero-order valence-corrected chi connectivity index (χ0v) is 24.6. The van der Waals surface area contributed by atoms with Gasteiger partial charge < -0.3 is 0 Å². The molecule has 0 aromatic heterocycles. The molecule has 0 aromatic carbocycles. The molecule has 0 aliphatic carbocycles. The molecule has 0 unspecified atom stereocenters.